The van der Waals surface area contributed by atoms with Crippen LogP contribution in [0.1, 0.15) is 42.7 Å². The van der Waals surface area contributed by atoms with Gasteiger partial charge in [0.2, 0.25) is 0 Å². The van der Waals surface area contributed by atoms with Crippen LogP contribution in [0.25, 0.3) is 0 Å². The number of hydrogen-bond acceptors (Lipinski definition) is 3. The van der Waals surface area contributed by atoms with E-state index >= 15 is 0 Å². The molecule has 1 fully saturated rings. The van der Waals surface area contributed by atoms with Gasteiger partial charge < -0.3 is 10.6 Å². The first kappa shape index (κ1) is 13.8. The summed E-state index contributed by atoms with van der Waals surface area (Å²) in [5, 5.41) is 6.17. The number of pyridine rings is 1. The molecular weight excluding hydrogens is 238 g/mol. The van der Waals surface area contributed by atoms with Crippen molar-refractivity contribution < 1.29 is 4.79 Å². The van der Waals surface area contributed by atoms with Crippen LogP contribution in [-0.2, 0) is 0 Å². The molecule has 0 spiro atoms. The number of anilines is 1. The van der Waals surface area contributed by atoms with E-state index in [2.05, 4.69) is 22.5 Å². The van der Waals surface area contributed by atoms with Gasteiger partial charge in [-0.3, -0.25) is 4.79 Å². The van der Waals surface area contributed by atoms with Crippen LogP contribution in [0, 0.1) is 18.8 Å². The van der Waals surface area contributed by atoms with Gasteiger partial charge in [0.1, 0.15) is 5.82 Å². The molecule has 1 atom stereocenters. The number of carbonyl (C=O) groups is 1. The van der Waals surface area contributed by atoms with Gasteiger partial charge in [0.05, 0.1) is 0 Å². The third-order valence-corrected chi connectivity index (χ3v) is 3.58. The summed E-state index contributed by atoms with van der Waals surface area (Å²) >= 11 is 0. The molecule has 1 aliphatic carbocycles. The standard InChI is InChI=1S/C15H23N3O/c1-4-16-14-8-13(7-11(3)18-14)15(19)17-9-10(2)12-5-6-12/h7-8,10,12H,4-6,9H2,1-3H3,(H,16,18)(H,17,19). The molecule has 4 nitrogen and oxygen atoms in total. The Balaban J connectivity index is 1.97. The highest BCUT2D eigenvalue weighted by Crippen LogP contribution is 2.36. The zero-order valence-electron chi connectivity index (χ0n) is 12.0. The van der Waals surface area contributed by atoms with Crippen molar-refractivity contribution in [2.75, 3.05) is 18.4 Å². The Kier molecular flexibility index (Phi) is 4.40. The molecule has 1 amide bonds. The van der Waals surface area contributed by atoms with Gasteiger partial charge >= 0.3 is 0 Å². The molecule has 1 aliphatic rings. The van der Waals surface area contributed by atoms with E-state index in [4.69, 9.17) is 0 Å². The monoisotopic (exact) mass is 261 g/mol. The summed E-state index contributed by atoms with van der Waals surface area (Å²) in [6.45, 7) is 7.70. The summed E-state index contributed by atoms with van der Waals surface area (Å²) in [6, 6.07) is 3.64. The minimum Gasteiger partial charge on any atom is -0.370 e. The lowest BCUT2D eigenvalue weighted by Gasteiger charge is -2.12. The number of nitrogens with one attached hydrogen (secondary N) is 2. The highest BCUT2D eigenvalue weighted by Gasteiger charge is 2.27. The number of hydrogen-bond donors (Lipinski definition) is 2. The molecule has 0 bridgehead atoms. The van der Waals surface area contributed by atoms with Crippen molar-refractivity contribution in [3.8, 4) is 0 Å². The summed E-state index contributed by atoms with van der Waals surface area (Å²) in [5.74, 6) is 2.16. The maximum atomic E-state index is 12.1. The molecule has 0 aromatic carbocycles. The van der Waals surface area contributed by atoms with Crippen LogP contribution in [0.2, 0.25) is 0 Å². The van der Waals surface area contributed by atoms with E-state index in [1.807, 2.05) is 26.0 Å². The zero-order chi connectivity index (χ0) is 13.8. The largest absolute Gasteiger partial charge is 0.370 e. The lowest BCUT2D eigenvalue weighted by atomic mass is 10.1. The van der Waals surface area contributed by atoms with E-state index in [1.54, 1.807) is 0 Å². The third-order valence-electron chi connectivity index (χ3n) is 3.58. The van der Waals surface area contributed by atoms with E-state index in [9.17, 15) is 4.79 Å². The molecule has 104 valence electrons. The van der Waals surface area contributed by atoms with E-state index in [0.29, 0.717) is 11.5 Å². The van der Waals surface area contributed by atoms with Crippen LogP contribution in [0.15, 0.2) is 12.1 Å². The summed E-state index contributed by atoms with van der Waals surface area (Å²) < 4.78 is 0. The van der Waals surface area contributed by atoms with E-state index < -0.39 is 0 Å². The van der Waals surface area contributed by atoms with Gasteiger partial charge in [-0.25, -0.2) is 4.98 Å². The van der Waals surface area contributed by atoms with Crippen molar-refractivity contribution >= 4 is 11.7 Å². The number of rotatable bonds is 6. The SMILES string of the molecule is CCNc1cc(C(=O)NCC(C)C2CC2)cc(C)n1. The Bertz CT molecular complexity index is 455. The van der Waals surface area contributed by atoms with Gasteiger partial charge in [0.15, 0.2) is 0 Å². The minimum absolute atomic E-state index is 0.00264. The second kappa shape index (κ2) is 6.04. The predicted molar refractivity (Wildman–Crippen MR) is 77.4 cm³/mol. The maximum absolute atomic E-state index is 12.1. The van der Waals surface area contributed by atoms with Gasteiger partial charge in [0.25, 0.3) is 5.91 Å². The van der Waals surface area contributed by atoms with Crippen molar-refractivity contribution in [1.29, 1.82) is 0 Å². The smallest absolute Gasteiger partial charge is 0.251 e. The molecule has 1 aromatic rings. The van der Waals surface area contributed by atoms with Gasteiger partial charge in [-0.05, 0) is 50.7 Å². The Morgan fingerprint density at radius 3 is 2.84 bits per heavy atom. The van der Waals surface area contributed by atoms with Crippen molar-refractivity contribution in [3.05, 3.63) is 23.4 Å². The molecule has 1 heterocycles. The fraction of sp³-hybridized carbons (Fsp3) is 0.600. The number of nitrogens with zero attached hydrogens (tertiary/aromatic N) is 1. The number of aromatic nitrogens is 1. The Hall–Kier alpha value is -1.58. The fourth-order valence-electron chi connectivity index (χ4n) is 2.26. The summed E-state index contributed by atoms with van der Waals surface area (Å²) in [4.78, 5) is 16.5. The number of aryl methyl sites for hydroxylation is 1. The van der Waals surface area contributed by atoms with Crippen LogP contribution >= 0.6 is 0 Å². The van der Waals surface area contributed by atoms with Gasteiger partial charge in [0, 0.05) is 24.3 Å². The molecule has 0 aliphatic heterocycles. The second-order valence-electron chi connectivity index (χ2n) is 5.44. The molecule has 0 radical (unpaired) electrons. The van der Waals surface area contributed by atoms with Crippen molar-refractivity contribution in [3.63, 3.8) is 0 Å². The average molecular weight is 261 g/mol. The number of amides is 1. The van der Waals surface area contributed by atoms with Gasteiger partial charge in [-0.15, -0.1) is 0 Å². The third kappa shape index (κ3) is 3.94. The summed E-state index contributed by atoms with van der Waals surface area (Å²) in [6.07, 6.45) is 2.63. The summed E-state index contributed by atoms with van der Waals surface area (Å²) in [7, 11) is 0. The van der Waals surface area contributed by atoms with Crippen LogP contribution < -0.4 is 10.6 Å². The Labute approximate surface area is 115 Å². The lowest BCUT2D eigenvalue weighted by Crippen LogP contribution is -2.29. The lowest BCUT2D eigenvalue weighted by molar-refractivity contribution is 0.0946. The average Bonchev–Trinajstić information content (AvgIpc) is 3.19. The molecule has 19 heavy (non-hydrogen) atoms. The first-order chi connectivity index (χ1) is 9.10. The van der Waals surface area contributed by atoms with Crippen LogP contribution in [-0.4, -0.2) is 24.0 Å². The molecular formula is C15H23N3O. The zero-order valence-corrected chi connectivity index (χ0v) is 12.0. The normalized spacial score (nSPS) is 15.9. The van der Waals surface area contributed by atoms with Crippen molar-refractivity contribution in [2.45, 2.75) is 33.6 Å². The second-order valence-corrected chi connectivity index (χ2v) is 5.44. The number of carbonyl (C=O) groups excluding carboxylic acids is 1. The quantitative estimate of drug-likeness (QED) is 0.827. The molecule has 0 saturated heterocycles. The maximum Gasteiger partial charge on any atom is 0.251 e. The van der Waals surface area contributed by atoms with Crippen LogP contribution in [0.5, 0.6) is 0 Å². The predicted octanol–water partition coefficient (Wildman–Crippen LogP) is 2.60. The first-order valence-corrected chi connectivity index (χ1v) is 7.11. The Morgan fingerprint density at radius 2 is 2.21 bits per heavy atom. The van der Waals surface area contributed by atoms with Gasteiger partial charge in [-0.1, -0.05) is 6.92 Å². The molecule has 2 rings (SSSR count). The van der Waals surface area contributed by atoms with E-state index in [1.165, 1.54) is 12.8 Å². The molecule has 2 N–H and O–H groups in total. The van der Waals surface area contributed by atoms with E-state index in [-0.39, 0.29) is 5.91 Å². The van der Waals surface area contributed by atoms with E-state index in [0.717, 1.165) is 30.5 Å². The highest BCUT2D eigenvalue weighted by atomic mass is 16.1. The first-order valence-electron chi connectivity index (χ1n) is 7.11. The summed E-state index contributed by atoms with van der Waals surface area (Å²) in [5.41, 5.74) is 1.55. The minimum atomic E-state index is -0.00264. The van der Waals surface area contributed by atoms with Crippen LogP contribution in [0.4, 0.5) is 5.82 Å². The molecule has 1 aromatic heterocycles. The Morgan fingerprint density at radius 1 is 1.47 bits per heavy atom. The molecule has 1 saturated carbocycles. The topological polar surface area (TPSA) is 54.0 Å². The van der Waals surface area contributed by atoms with Gasteiger partial charge in [-0.2, -0.15) is 0 Å². The highest BCUT2D eigenvalue weighted by molar-refractivity contribution is 5.95. The van der Waals surface area contributed by atoms with Crippen molar-refractivity contribution in [2.24, 2.45) is 11.8 Å². The molecule has 1 unspecified atom stereocenters. The van der Waals surface area contributed by atoms with Crippen molar-refractivity contribution in [1.82, 2.24) is 10.3 Å². The fourth-order valence-corrected chi connectivity index (χ4v) is 2.26. The molecule has 4 heteroatoms. The van der Waals surface area contributed by atoms with Crippen LogP contribution in [0.3, 0.4) is 0 Å².